The molecule has 2 heterocycles. The Kier molecular flexibility index (Phi) is 5.09. The first-order valence-electron chi connectivity index (χ1n) is 8.29. The number of rotatable bonds is 4. The number of fused-ring (bicyclic) bond motifs is 1. The van der Waals surface area contributed by atoms with E-state index in [-0.39, 0.29) is 21.8 Å². The van der Waals surface area contributed by atoms with E-state index < -0.39 is 11.5 Å². The fraction of sp³-hybridized carbons (Fsp3) is 0.263. The Labute approximate surface area is 160 Å². The van der Waals surface area contributed by atoms with E-state index >= 15 is 0 Å². The lowest BCUT2D eigenvalue weighted by Gasteiger charge is -2.16. The van der Waals surface area contributed by atoms with Crippen LogP contribution < -0.4 is 10.3 Å². The van der Waals surface area contributed by atoms with E-state index in [0.29, 0.717) is 17.1 Å². The van der Waals surface area contributed by atoms with Crippen LogP contribution in [0.4, 0.5) is 0 Å². The van der Waals surface area contributed by atoms with Gasteiger partial charge in [0.2, 0.25) is 0 Å². The van der Waals surface area contributed by atoms with Gasteiger partial charge in [-0.05, 0) is 44.3 Å². The average molecular weight is 385 g/mol. The van der Waals surface area contributed by atoms with Gasteiger partial charge in [-0.1, -0.05) is 12.1 Å². The molecule has 0 aliphatic rings. The zero-order valence-electron chi connectivity index (χ0n) is 15.4. The van der Waals surface area contributed by atoms with Gasteiger partial charge in [0.1, 0.15) is 11.4 Å². The molecule has 0 saturated heterocycles. The van der Waals surface area contributed by atoms with Crippen LogP contribution in [0.5, 0.6) is 5.75 Å². The van der Waals surface area contributed by atoms with E-state index in [4.69, 9.17) is 21.7 Å². The Morgan fingerprint density at radius 3 is 2.63 bits per heavy atom. The van der Waals surface area contributed by atoms with Gasteiger partial charge in [-0.25, -0.2) is 9.78 Å². The van der Waals surface area contributed by atoms with Gasteiger partial charge in [0.15, 0.2) is 4.77 Å². The van der Waals surface area contributed by atoms with E-state index in [0.717, 1.165) is 5.56 Å². The molecular weight excluding hydrogens is 366 g/mol. The molecule has 0 atom stereocenters. The highest BCUT2D eigenvalue weighted by molar-refractivity contribution is 7.71. The maximum absolute atomic E-state index is 12.6. The zero-order chi connectivity index (χ0) is 19.7. The van der Waals surface area contributed by atoms with Gasteiger partial charge < -0.3 is 9.47 Å². The first-order chi connectivity index (χ1) is 12.9. The number of pyridine rings is 1. The van der Waals surface area contributed by atoms with Crippen molar-refractivity contribution in [1.82, 2.24) is 14.5 Å². The van der Waals surface area contributed by atoms with E-state index in [1.807, 2.05) is 32.0 Å². The molecule has 7 nitrogen and oxygen atoms in total. The maximum atomic E-state index is 12.6. The molecule has 0 fully saturated rings. The topological polar surface area (TPSA) is 86.2 Å². The number of methoxy groups -OCH3 is 2. The fourth-order valence-corrected chi connectivity index (χ4v) is 3.32. The molecular formula is C19H19N3O4S. The number of aromatic amines is 1. The van der Waals surface area contributed by atoms with Gasteiger partial charge in [-0.15, -0.1) is 0 Å². The summed E-state index contributed by atoms with van der Waals surface area (Å²) in [6.07, 6.45) is 0. The number of benzene rings is 1. The summed E-state index contributed by atoms with van der Waals surface area (Å²) in [5.41, 5.74) is 1.24. The zero-order valence-corrected chi connectivity index (χ0v) is 16.2. The number of hydrogen-bond donors (Lipinski definition) is 1. The molecule has 0 spiro atoms. The number of esters is 1. The Bertz CT molecular complexity index is 1150. The third-order valence-corrected chi connectivity index (χ3v) is 4.48. The third-order valence-electron chi connectivity index (χ3n) is 4.18. The smallest absolute Gasteiger partial charge is 0.338 e. The SMILES string of the molecule is COC(=O)c1cc(-c2cccc(OC)c2)nc2c1c(=O)[nH]c(=S)n2C(C)C. The van der Waals surface area contributed by atoms with Crippen molar-refractivity contribution in [2.45, 2.75) is 19.9 Å². The van der Waals surface area contributed by atoms with Crippen molar-refractivity contribution in [3.05, 3.63) is 51.0 Å². The van der Waals surface area contributed by atoms with Gasteiger partial charge in [0.25, 0.3) is 5.56 Å². The first-order valence-corrected chi connectivity index (χ1v) is 8.70. The summed E-state index contributed by atoms with van der Waals surface area (Å²) in [6.45, 7) is 3.84. The van der Waals surface area contributed by atoms with E-state index in [1.165, 1.54) is 7.11 Å². The van der Waals surface area contributed by atoms with Crippen LogP contribution in [-0.4, -0.2) is 34.7 Å². The molecule has 0 aliphatic carbocycles. The second-order valence-electron chi connectivity index (χ2n) is 6.20. The number of carbonyl (C=O) groups excluding carboxylic acids is 1. The van der Waals surface area contributed by atoms with Crippen LogP contribution in [0.2, 0.25) is 0 Å². The molecule has 140 valence electrons. The van der Waals surface area contributed by atoms with Crippen molar-refractivity contribution in [3.63, 3.8) is 0 Å². The monoisotopic (exact) mass is 385 g/mol. The highest BCUT2D eigenvalue weighted by Crippen LogP contribution is 2.27. The average Bonchev–Trinajstić information content (AvgIpc) is 2.66. The molecule has 1 N–H and O–H groups in total. The van der Waals surface area contributed by atoms with Crippen LogP contribution in [-0.2, 0) is 4.74 Å². The molecule has 1 aromatic carbocycles. The van der Waals surface area contributed by atoms with Gasteiger partial charge in [0.05, 0.1) is 30.9 Å². The lowest BCUT2D eigenvalue weighted by molar-refractivity contribution is 0.0603. The summed E-state index contributed by atoms with van der Waals surface area (Å²) < 4.78 is 12.1. The normalized spacial score (nSPS) is 11.0. The molecule has 0 radical (unpaired) electrons. The molecule has 3 rings (SSSR count). The summed E-state index contributed by atoms with van der Waals surface area (Å²) in [5.74, 6) is 0.0325. The standard InChI is InChI=1S/C19H19N3O4S/c1-10(2)22-16-15(17(23)21-19(22)27)13(18(24)26-4)9-14(20-16)11-6-5-7-12(8-11)25-3/h5-10H,1-4H3,(H,21,23,27). The lowest BCUT2D eigenvalue weighted by Crippen LogP contribution is -2.20. The minimum Gasteiger partial charge on any atom is -0.497 e. The lowest BCUT2D eigenvalue weighted by atomic mass is 10.1. The number of hydrogen-bond acceptors (Lipinski definition) is 6. The van der Waals surface area contributed by atoms with Crippen molar-refractivity contribution in [2.75, 3.05) is 14.2 Å². The molecule has 0 amide bonds. The van der Waals surface area contributed by atoms with Crippen molar-refractivity contribution in [1.29, 1.82) is 0 Å². The largest absolute Gasteiger partial charge is 0.497 e. The van der Waals surface area contributed by atoms with Crippen LogP contribution in [0.1, 0.15) is 30.2 Å². The quantitative estimate of drug-likeness (QED) is 0.546. The van der Waals surface area contributed by atoms with E-state index in [9.17, 15) is 9.59 Å². The van der Waals surface area contributed by atoms with E-state index in [1.54, 1.807) is 23.8 Å². The summed E-state index contributed by atoms with van der Waals surface area (Å²) in [7, 11) is 2.84. The molecule has 27 heavy (non-hydrogen) atoms. The second-order valence-corrected chi connectivity index (χ2v) is 6.59. The number of nitrogens with zero attached hydrogens (tertiary/aromatic N) is 2. The predicted octanol–water partition coefficient (Wildman–Crippen LogP) is 3.50. The summed E-state index contributed by atoms with van der Waals surface area (Å²) in [6, 6.07) is 8.76. The molecule has 2 aromatic heterocycles. The summed E-state index contributed by atoms with van der Waals surface area (Å²) >= 11 is 5.31. The fourth-order valence-electron chi connectivity index (χ4n) is 2.93. The third kappa shape index (κ3) is 3.35. The highest BCUT2D eigenvalue weighted by atomic mass is 32.1. The molecule has 0 bridgehead atoms. The van der Waals surface area contributed by atoms with Crippen molar-refractivity contribution in [3.8, 4) is 17.0 Å². The first kappa shape index (κ1) is 18.8. The summed E-state index contributed by atoms with van der Waals surface area (Å²) in [4.78, 5) is 32.2. The number of carbonyl (C=O) groups is 1. The minimum atomic E-state index is -0.621. The number of aromatic nitrogens is 3. The van der Waals surface area contributed by atoms with Crippen molar-refractivity contribution in [2.24, 2.45) is 0 Å². The van der Waals surface area contributed by atoms with E-state index in [2.05, 4.69) is 9.97 Å². The molecule has 8 heteroatoms. The number of H-pyrrole nitrogens is 1. The summed E-state index contributed by atoms with van der Waals surface area (Å²) in [5, 5.41) is 0.149. The minimum absolute atomic E-state index is 0.0737. The van der Waals surface area contributed by atoms with Crippen LogP contribution in [0.25, 0.3) is 22.3 Å². The Morgan fingerprint density at radius 1 is 1.26 bits per heavy atom. The highest BCUT2D eigenvalue weighted by Gasteiger charge is 2.20. The van der Waals surface area contributed by atoms with Crippen molar-refractivity contribution >= 4 is 29.2 Å². The molecule has 3 aromatic rings. The van der Waals surface area contributed by atoms with Crippen LogP contribution in [0, 0.1) is 4.77 Å². The van der Waals surface area contributed by atoms with Gasteiger partial charge in [-0.3, -0.25) is 14.3 Å². The Balaban J connectivity index is 2.47. The second kappa shape index (κ2) is 7.32. The number of nitrogens with one attached hydrogen (secondary N) is 1. The van der Waals surface area contributed by atoms with Crippen LogP contribution in [0.15, 0.2) is 35.1 Å². The van der Waals surface area contributed by atoms with Gasteiger partial charge >= 0.3 is 5.97 Å². The van der Waals surface area contributed by atoms with Crippen molar-refractivity contribution < 1.29 is 14.3 Å². The van der Waals surface area contributed by atoms with Crippen LogP contribution >= 0.6 is 12.2 Å². The number of ether oxygens (including phenoxy) is 2. The maximum Gasteiger partial charge on any atom is 0.338 e. The Morgan fingerprint density at radius 2 is 2.00 bits per heavy atom. The molecule has 0 saturated carbocycles. The predicted molar refractivity (Wildman–Crippen MR) is 105 cm³/mol. The van der Waals surface area contributed by atoms with Gasteiger partial charge in [0, 0.05) is 11.6 Å². The van der Waals surface area contributed by atoms with Crippen LogP contribution in [0.3, 0.4) is 0 Å². The molecule has 0 aliphatic heterocycles. The van der Waals surface area contributed by atoms with Gasteiger partial charge in [-0.2, -0.15) is 0 Å². The Hall–Kier alpha value is -3.00. The molecule has 0 unspecified atom stereocenters.